The number of carbonyl (C=O) groups is 1. The first-order valence-electron chi connectivity index (χ1n) is 7.46. The molecular formula is C16H25N3O. The second kappa shape index (κ2) is 6.75. The van der Waals surface area contributed by atoms with Crippen molar-refractivity contribution in [3.05, 3.63) is 23.8 Å². The van der Waals surface area contributed by atoms with E-state index < -0.39 is 0 Å². The van der Waals surface area contributed by atoms with Crippen molar-refractivity contribution < 1.29 is 4.79 Å². The molecule has 1 aliphatic rings. The zero-order valence-corrected chi connectivity index (χ0v) is 12.5. The molecule has 1 fully saturated rings. The molecule has 0 heterocycles. The van der Waals surface area contributed by atoms with Crippen LogP contribution in [0.4, 0.5) is 11.4 Å². The Labute approximate surface area is 121 Å². The maximum atomic E-state index is 12.1. The molecule has 20 heavy (non-hydrogen) atoms. The molecule has 0 radical (unpaired) electrons. The fraction of sp³-hybridized carbons (Fsp3) is 0.562. The van der Waals surface area contributed by atoms with E-state index in [0.29, 0.717) is 12.2 Å². The molecule has 4 heteroatoms. The molecule has 2 rings (SSSR count). The zero-order valence-electron chi connectivity index (χ0n) is 12.5. The molecule has 1 saturated carbocycles. The Balaban J connectivity index is 1.87. The van der Waals surface area contributed by atoms with Gasteiger partial charge in [-0.25, -0.2) is 0 Å². The molecule has 1 aromatic rings. The third-order valence-electron chi connectivity index (χ3n) is 3.68. The van der Waals surface area contributed by atoms with Gasteiger partial charge in [-0.1, -0.05) is 13.0 Å². The Morgan fingerprint density at radius 3 is 2.80 bits per heavy atom. The Bertz CT molecular complexity index is 469. The number of hydrogen-bond acceptors (Lipinski definition) is 3. The minimum atomic E-state index is 0.0438. The minimum Gasteiger partial charge on any atom is -0.398 e. The van der Waals surface area contributed by atoms with Gasteiger partial charge in [0.15, 0.2) is 0 Å². The predicted octanol–water partition coefficient (Wildman–Crippen LogP) is 2.64. The molecule has 0 atom stereocenters. The van der Waals surface area contributed by atoms with Crippen molar-refractivity contribution in [1.29, 1.82) is 0 Å². The van der Waals surface area contributed by atoms with Gasteiger partial charge in [-0.15, -0.1) is 0 Å². The lowest BCUT2D eigenvalue weighted by Gasteiger charge is -2.21. The van der Waals surface area contributed by atoms with Gasteiger partial charge in [-0.3, -0.25) is 9.69 Å². The number of nitrogens with two attached hydrogens (primary N) is 1. The van der Waals surface area contributed by atoms with E-state index in [2.05, 4.69) is 17.1 Å². The lowest BCUT2D eigenvalue weighted by molar-refractivity contribution is -0.117. The minimum absolute atomic E-state index is 0.0438. The number of rotatable bonds is 7. The number of nitrogens with zero attached hydrogens (tertiary/aromatic N) is 1. The van der Waals surface area contributed by atoms with Crippen molar-refractivity contribution in [1.82, 2.24) is 4.90 Å². The Kier molecular flexibility index (Phi) is 5.01. The van der Waals surface area contributed by atoms with Crippen LogP contribution in [-0.4, -0.2) is 30.4 Å². The smallest absolute Gasteiger partial charge is 0.238 e. The van der Waals surface area contributed by atoms with E-state index in [1.165, 1.54) is 12.8 Å². The highest BCUT2D eigenvalue weighted by molar-refractivity contribution is 5.92. The normalized spacial score (nSPS) is 14.6. The molecule has 0 unspecified atom stereocenters. The first-order chi connectivity index (χ1) is 9.58. The first-order valence-corrected chi connectivity index (χ1v) is 7.46. The SMILES string of the molecule is CCCN(CC(=O)Nc1ccc(C)c(N)c1)CC1CC1. The van der Waals surface area contributed by atoms with Crippen LogP contribution in [0.1, 0.15) is 31.7 Å². The summed E-state index contributed by atoms with van der Waals surface area (Å²) in [5.41, 5.74) is 8.38. The maximum Gasteiger partial charge on any atom is 0.238 e. The van der Waals surface area contributed by atoms with Crippen LogP contribution in [0.2, 0.25) is 0 Å². The van der Waals surface area contributed by atoms with Crippen LogP contribution < -0.4 is 11.1 Å². The lowest BCUT2D eigenvalue weighted by Crippen LogP contribution is -2.35. The van der Waals surface area contributed by atoms with E-state index >= 15 is 0 Å². The van der Waals surface area contributed by atoms with E-state index in [4.69, 9.17) is 5.73 Å². The van der Waals surface area contributed by atoms with Crippen LogP contribution in [0, 0.1) is 12.8 Å². The van der Waals surface area contributed by atoms with Gasteiger partial charge in [0, 0.05) is 17.9 Å². The van der Waals surface area contributed by atoms with Crippen LogP contribution >= 0.6 is 0 Å². The van der Waals surface area contributed by atoms with E-state index in [1.807, 2.05) is 25.1 Å². The highest BCUT2D eigenvalue weighted by Crippen LogP contribution is 2.29. The summed E-state index contributed by atoms with van der Waals surface area (Å²) in [7, 11) is 0. The second-order valence-corrected chi connectivity index (χ2v) is 5.80. The summed E-state index contributed by atoms with van der Waals surface area (Å²) in [5, 5.41) is 2.93. The molecule has 0 bridgehead atoms. The summed E-state index contributed by atoms with van der Waals surface area (Å²) >= 11 is 0. The van der Waals surface area contributed by atoms with Crippen molar-refractivity contribution >= 4 is 17.3 Å². The van der Waals surface area contributed by atoms with Gasteiger partial charge < -0.3 is 11.1 Å². The number of hydrogen-bond donors (Lipinski definition) is 2. The Morgan fingerprint density at radius 1 is 1.45 bits per heavy atom. The third-order valence-corrected chi connectivity index (χ3v) is 3.68. The average Bonchev–Trinajstić information content (AvgIpc) is 3.18. The standard InChI is InChI=1S/C16H25N3O/c1-3-8-19(10-13-5-6-13)11-16(20)18-14-7-4-12(2)15(17)9-14/h4,7,9,13H,3,5-6,8,10-11,17H2,1-2H3,(H,18,20). The molecule has 1 amide bonds. The number of anilines is 2. The van der Waals surface area contributed by atoms with Crippen molar-refractivity contribution in [3.8, 4) is 0 Å². The van der Waals surface area contributed by atoms with Crippen molar-refractivity contribution in [2.75, 3.05) is 30.7 Å². The lowest BCUT2D eigenvalue weighted by atomic mass is 10.2. The number of carbonyl (C=O) groups excluding carboxylic acids is 1. The molecule has 1 aromatic carbocycles. The maximum absolute atomic E-state index is 12.1. The quantitative estimate of drug-likeness (QED) is 0.752. The first kappa shape index (κ1) is 14.9. The van der Waals surface area contributed by atoms with Crippen LogP contribution in [0.3, 0.4) is 0 Å². The molecular weight excluding hydrogens is 250 g/mol. The Morgan fingerprint density at radius 2 is 2.20 bits per heavy atom. The molecule has 0 aromatic heterocycles. The van der Waals surface area contributed by atoms with Gasteiger partial charge in [0.2, 0.25) is 5.91 Å². The fourth-order valence-electron chi connectivity index (χ4n) is 2.34. The summed E-state index contributed by atoms with van der Waals surface area (Å²) in [6.07, 6.45) is 3.71. The number of benzene rings is 1. The summed E-state index contributed by atoms with van der Waals surface area (Å²) < 4.78 is 0. The van der Waals surface area contributed by atoms with Crippen LogP contribution in [0.5, 0.6) is 0 Å². The van der Waals surface area contributed by atoms with Crippen molar-refractivity contribution in [3.63, 3.8) is 0 Å². The highest BCUT2D eigenvalue weighted by Gasteiger charge is 2.24. The number of amides is 1. The van der Waals surface area contributed by atoms with Gasteiger partial charge in [-0.05, 0) is 56.3 Å². The average molecular weight is 275 g/mol. The van der Waals surface area contributed by atoms with Gasteiger partial charge in [0.1, 0.15) is 0 Å². The molecule has 0 saturated heterocycles. The van der Waals surface area contributed by atoms with Gasteiger partial charge in [0.25, 0.3) is 0 Å². The third kappa shape index (κ3) is 4.53. The van der Waals surface area contributed by atoms with Gasteiger partial charge in [0.05, 0.1) is 6.54 Å². The van der Waals surface area contributed by atoms with E-state index in [9.17, 15) is 4.79 Å². The largest absolute Gasteiger partial charge is 0.398 e. The Hall–Kier alpha value is -1.55. The summed E-state index contributed by atoms with van der Waals surface area (Å²) in [5.74, 6) is 0.853. The topological polar surface area (TPSA) is 58.4 Å². The molecule has 3 N–H and O–H groups in total. The zero-order chi connectivity index (χ0) is 14.5. The van der Waals surface area contributed by atoms with Crippen molar-refractivity contribution in [2.45, 2.75) is 33.1 Å². The summed E-state index contributed by atoms with van der Waals surface area (Å²) in [4.78, 5) is 14.4. The summed E-state index contributed by atoms with van der Waals surface area (Å²) in [6.45, 7) is 6.62. The van der Waals surface area contributed by atoms with E-state index in [0.717, 1.165) is 36.7 Å². The second-order valence-electron chi connectivity index (χ2n) is 5.80. The number of nitrogen functional groups attached to an aromatic ring is 1. The van der Waals surface area contributed by atoms with Crippen molar-refractivity contribution in [2.24, 2.45) is 5.92 Å². The molecule has 4 nitrogen and oxygen atoms in total. The number of nitrogens with one attached hydrogen (secondary N) is 1. The molecule has 1 aliphatic carbocycles. The molecule has 0 aliphatic heterocycles. The van der Waals surface area contributed by atoms with Gasteiger partial charge in [-0.2, -0.15) is 0 Å². The van der Waals surface area contributed by atoms with Crippen LogP contribution in [0.25, 0.3) is 0 Å². The molecule has 0 spiro atoms. The monoisotopic (exact) mass is 275 g/mol. The molecule has 110 valence electrons. The highest BCUT2D eigenvalue weighted by atomic mass is 16.2. The van der Waals surface area contributed by atoms with Crippen LogP contribution in [0.15, 0.2) is 18.2 Å². The summed E-state index contributed by atoms with van der Waals surface area (Å²) in [6, 6.07) is 5.64. The van der Waals surface area contributed by atoms with E-state index in [1.54, 1.807) is 0 Å². The van der Waals surface area contributed by atoms with Gasteiger partial charge >= 0.3 is 0 Å². The van der Waals surface area contributed by atoms with Crippen LogP contribution in [-0.2, 0) is 4.79 Å². The predicted molar refractivity (Wildman–Crippen MR) is 83.7 cm³/mol. The van der Waals surface area contributed by atoms with E-state index in [-0.39, 0.29) is 5.91 Å². The number of aryl methyl sites for hydroxylation is 1. The fourth-order valence-corrected chi connectivity index (χ4v) is 2.34.